The fourth-order valence-corrected chi connectivity index (χ4v) is 3.32. The second kappa shape index (κ2) is 9.85. The molecule has 1 N–H and O–H groups in total. The number of benzene rings is 1. The molecule has 1 aliphatic rings. The zero-order valence-electron chi connectivity index (χ0n) is 17.2. The van der Waals surface area contributed by atoms with Gasteiger partial charge in [0, 0.05) is 36.2 Å². The molecule has 1 aromatic heterocycles. The summed E-state index contributed by atoms with van der Waals surface area (Å²) in [5.74, 6) is 1.70. The summed E-state index contributed by atoms with van der Waals surface area (Å²) < 4.78 is 19.4. The Morgan fingerprint density at radius 1 is 1.32 bits per heavy atom. The first-order valence-corrected chi connectivity index (χ1v) is 10.2. The summed E-state index contributed by atoms with van der Waals surface area (Å²) in [5, 5.41) is 7.96. The van der Waals surface area contributed by atoms with Crippen LogP contribution in [0.3, 0.4) is 0 Å². The van der Waals surface area contributed by atoms with Gasteiger partial charge in [-0.05, 0) is 51.7 Å². The number of aryl methyl sites for hydroxylation is 1. The van der Waals surface area contributed by atoms with E-state index in [1.807, 2.05) is 25.1 Å². The third-order valence-corrected chi connectivity index (χ3v) is 4.89. The Bertz CT molecular complexity index is 794. The maximum atomic E-state index is 7.96. The molecule has 1 aromatic carbocycles. The van der Waals surface area contributed by atoms with Gasteiger partial charge in [0.2, 0.25) is 0 Å². The first-order chi connectivity index (χ1) is 13.6. The van der Waals surface area contributed by atoms with Gasteiger partial charge in [0.15, 0.2) is 6.29 Å². The smallest absolute Gasteiger partial charge is 0.157 e. The molecule has 0 saturated carbocycles. The highest BCUT2D eigenvalue weighted by Gasteiger charge is 2.15. The van der Waals surface area contributed by atoms with E-state index >= 15 is 0 Å². The Labute approximate surface area is 167 Å². The molecule has 1 fully saturated rings. The average Bonchev–Trinajstić information content (AvgIpc) is 3.07. The summed E-state index contributed by atoms with van der Waals surface area (Å²) in [4.78, 5) is 4.71. The highest BCUT2D eigenvalue weighted by atomic mass is 16.7. The van der Waals surface area contributed by atoms with Crippen LogP contribution >= 0.6 is 0 Å². The Kier molecular flexibility index (Phi) is 7.23. The number of hydrogen-bond donors (Lipinski definition) is 1. The third kappa shape index (κ3) is 5.20. The van der Waals surface area contributed by atoms with Gasteiger partial charge in [-0.25, -0.2) is 4.98 Å². The van der Waals surface area contributed by atoms with E-state index in [2.05, 4.69) is 17.7 Å². The van der Waals surface area contributed by atoms with Crippen molar-refractivity contribution in [2.45, 2.75) is 59.3 Å². The van der Waals surface area contributed by atoms with Crippen LogP contribution in [-0.4, -0.2) is 41.4 Å². The van der Waals surface area contributed by atoms with E-state index in [-0.39, 0.29) is 6.29 Å². The Hall–Kier alpha value is -2.18. The molecule has 1 saturated heterocycles. The Morgan fingerprint density at radius 3 is 2.89 bits per heavy atom. The van der Waals surface area contributed by atoms with Gasteiger partial charge in [0.1, 0.15) is 11.6 Å². The summed E-state index contributed by atoms with van der Waals surface area (Å²) in [6.45, 7) is 8.65. The molecular formula is C22H31N3O3. The van der Waals surface area contributed by atoms with Crippen molar-refractivity contribution in [1.29, 1.82) is 5.41 Å². The van der Waals surface area contributed by atoms with Crippen molar-refractivity contribution in [3.63, 3.8) is 0 Å². The lowest BCUT2D eigenvalue weighted by molar-refractivity contribution is -0.163. The predicted octanol–water partition coefficient (Wildman–Crippen LogP) is 4.58. The van der Waals surface area contributed by atoms with Crippen LogP contribution in [0.4, 0.5) is 0 Å². The van der Waals surface area contributed by atoms with Gasteiger partial charge in [0.25, 0.3) is 0 Å². The van der Waals surface area contributed by atoms with E-state index in [1.54, 1.807) is 6.92 Å². The number of rotatable bonds is 9. The Balaban J connectivity index is 1.69. The van der Waals surface area contributed by atoms with Crippen molar-refractivity contribution in [3.8, 4) is 17.0 Å². The van der Waals surface area contributed by atoms with E-state index in [0.717, 1.165) is 60.8 Å². The topological polar surface area (TPSA) is 69.4 Å². The van der Waals surface area contributed by atoms with Gasteiger partial charge in [0.05, 0.1) is 18.9 Å². The van der Waals surface area contributed by atoms with Crippen LogP contribution in [0, 0.1) is 12.3 Å². The molecule has 1 aliphatic heterocycles. The molecule has 0 spiro atoms. The van der Waals surface area contributed by atoms with E-state index in [9.17, 15) is 0 Å². The third-order valence-electron chi connectivity index (χ3n) is 4.89. The van der Waals surface area contributed by atoms with Crippen molar-refractivity contribution in [2.24, 2.45) is 0 Å². The van der Waals surface area contributed by atoms with Crippen molar-refractivity contribution in [3.05, 3.63) is 35.8 Å². The molecule has 3 rings (SSSR count). The summed E-state index contributed by atoms with van der Waals surface area (Å²) >= 11 is 0. The quantitative estimate of drug-likeness (QED) is 0.642. The molecule has 28 heavy (non-hydrogen) atoms. The van der Waals surface area contributed by atoms with E-state index < -0.39 is 0 Å². The lowest BCUT2D eigenvalue weighted by Gasteiger charge is -2.22. The van der Waals surface area contributed by atoms with E-state index in [1.165, 1.54) is 6.42 Å². The lowest BCUT2D eigenvalue weighted by Crippen LogP contribution is -2.24. The normalized spacial score (nSPS) is 16.9. The number of aromatic nitrogens is 2. The molecule has 2 aromatic rings. The van der Waals surface area contributed by atoms with E-state index in [4.69, 9.17) is 24.6 Å². The van der Waals surface area contributed by atoms with Gasteiger partial charge in [-0.3, -0.25) is 0 Å². The van der Waals surface area contributed by atoms with Crippen molar-refractivity contribution in [1.82, 2.24) is 9.55 Å². The lowest BCUT2D eigenvalue weighted by atomic mass is 10.1. The van der Waals surface area contributed by atoms with Gasteiger partial charge >= 0.3 is 0 Å². The number of hydrogen-bond acceptors (Lipinski definition) is 5. The maximum Gasteiger partial charge on any atom is 0.157 e. The predicted molar refractivity (Wildman–Crippen MR) is 110 cm³/mol. The van der Waals surface area contributed by atoms with Gasteiger partial charge in [-0.2, -0.15) is 0 Å². The Morgan fingerprint density at radius 2 is 2.18 bits per heavy atom. The minimum Gasteiger partial charge on any atom is -0.493 e. The second-order valence-electron chi connectivity index (χ2n) is 7.22. The van der Waals surface area contributed by atoms with Gasteiger partial charge in [-0.15, -0.1) is 0 Å². The van der Waals surface area contributed by atoms with Crippen LogP contribution in [0.15, 0.2) is 24.4 Å². The molecule has 1 atom stereocenters. The zero-order valence-corrected chi connectivity index (χ0v) is 17.2. The minimum absolute atomic E-state index is 0.0628. The van der Waals surface area contributed by atoms with Crippen LogP contribution in [-0.2, 0) is 16.0 Å². The fraction of sp³-hybridized carbons (Fsp3) is 0.545. The molecule has 152 valence electrons. The molecule has 0 aliphatic carbocycles. The number of imidazole rings is 1. The molecule has 1 unspecified atom stereocenters. The highest BCUT2D eigenvalue weighted by Crippen LogP contribution is 2.28. The van der Waals surface area contributed by atoms with E-state index in [0.29, 0.717) is 18.9 Å². The van der Waals surface area contributed by atoms with Gasteiger partial charge in [-0.1, -0.05) is 13.0 Å². The molecule has 0 amide bonds. The largest absolute Gasteiger partial charge is 0.493 e. The summed E-state index contributed by atoms with van der Waals surface area (Å²) in [5.41, 5.74) is 3.23. The number of ether oxygens (including phenoxy) is 3. The van der Waals surface area contributed by atoms with Gasteiger partial charge < -0.3 is 24.2 Å². The molecule has 6 nitrogen and oxygen atoms in total. The minimum atomic E-state index is -0.0628. The number of nitrogens with one attached hydrogen (secondary N) is 1. The SMILES string of the molecule is CCCOc1cc(-c2cn(CCOC3CCCCO3)c(C)n2)ccc1C(C)=N. The maximum absolute atomic E-state index is 7.96. The first kappa shape index (κ1) is 20.6. The summed E-state index contributed by atoms with van der Waals surface area (Å²) in [6, 6.07) is 5.94. The fourth-order valence-electron chi connectivity index (χ4n) is 3.32. The van der Waals surface area contributed by atoms with Crippen LogP contribution < -0.4 is 4.74 Å². The van der Waals surface area contributed by atoms with Crippen LogP contribution in [0.1, 0.15) is 50.9 Å². The van der Waals surface area contributed by atoms with Crippen LogP contribution in [0.5, 0.6) is 5.75 Å². The van der Waals surface area contributed by atoms with Crippen LogP contribution in [0.2, 0.25) is 0 Å². The molecule has 0 radical (unpaired) electrons. The second-order valence-corrected chi connectivity index (χ2v) is 7.22. The average molecular weight is 386 g/mol. The first-order valence-electron chi connectivity index (χ1n) is 10.2. The highest BCUT2D eigenvalue weighted by molar-refractivity contribution is 5.99. The number of nitrogens with zero attached hydrogens (tertiary/aromatic N) is 2. The summed E-state index contributed by atoms with van der Waals surface area (Å²) in [7, 11) is 0. The van der Waals surface area contributed by atoms with Crippen molar-refractivity contribution in [2.75, 3.05) is 19.8 Å². The molecular weight excluding hydrogens is 354 g/mol. The monoisotopic (exact) mass is 385 g/mol. The molecule has 6 heteroatoms. The van der Waals surface area contributed by atoms with Crippen molar-refractivity contribution >= 4 is 5.71 Å². The zero-order chi connectivity index (χ0) is 19.9. The molecule has 2 heterocycles. The standard InChI is InChI=1S/C22H31N3O3/c1-4-11-26-21-14-18(8-9-19(21)16(2)23)20-15-25(17(3)24-20)10-13-28-22-7-5-6-12-27-22/h8-9,14-15,22-23H,4-7,10-13H2,1-3H3. The van der Waals surface area contributed by atoms with Crippen LogP contribution in [0.25, 0.3) is 11.3 Å². The summed E-state index contributed by atoms with van der Waals surface area (Å²) in [6.07, 6.45) is 6.20. The van der Waals surface area contributed by atoms with Crippen molar-refractivity contribution < 1.29 is 14.2 Å². The molecule has 0 bridgehead atoms.